The maximum absolute atomic E-state index is 5.07. The lowest BCUT2D eigenvalue weighted by atomic mass is 10.3. The average molecular weight is 151 g/mol. The Morgan fingerprint density at radius 2 is 2.36 bits per heavy atom. The van der Waals surface area contributed by atoms with Gasteiger partial charge in [0.15, 0.2) is 0 Å². The highest BCUT2D eigenvalue weighted by Crippen LogP contribution is 2.20. The van der Waals surface area contributed by atoms with Crippen molar-refractivity contribution < 1.29 is 4.74 Å². The molecule has 0 saturated heterocycles. The van der Waals surface area contributed by atoms with Crippen LogP contribution in [0.4, 0.5) is 0 Å². The second-order valence-corrected chi connectivity index (χ2v) is 2.41. The van der Waals surface area contributed by atoms with Gasteiger partial charge < -0.3 is 10.1 Å². The van der Waals surface area contributed by atoms with Gasteiger partial charge in [-0.2, -0.15) is 0 Å². The molecule has 0 saturated carbocycles. The van der Waals surface area contributed by atoms with Crippen LogP contribution in [0.15, 0.2) is 6.33 Å². The SMILES string of the molecule is COc1ncnc2c1CNC2. The van der Waals surface area contributed by atoms with E-state index in [2.05, 4.69) is 15.3 Å². The zero-order valence-corrected chi connectivity index (χ0v) is 6.29. The molecule has 1 aromatic rings. The molecule has 4 nitrogen and oxygen atoms in total. The maximum Gasteiger partial charge on any atom is 0.220 e. The van der Waals surface area contributed by atoms with E-state index in [1.807, 2.05) is 0 Å². The van der Waals surface area contributed by atoms with Gasteiger partial charge in [0.05, 0.1) is 18.4 Å². The fourth-order valence-corrected chi connectivity index (χ4v) is 1.24. The molecule has 0 atom stereocenters. The Balaban J connectivity index is 2.50. The van der Waals surface area contributed by atoms with Crippen molar-refractivity contribution in [1.29, 1.82) is 0 Å². The normalized spacial score (nSPS) is 14.6. The van der Waals surface area contributed by atoms with E-state index in [9.17, 15) is 0 Å². The number of aromatic nitrogens is 2. The lowest BCUT2D eigenvalue weighted by Gasteiger charge is -2.01. The molecule has 0 aliphatic carbocycles. The van der Waals surface area contributed by atoms with Crippen molar-refractivity contribution in [3.63, 3.8) is 0 Å². The van der Waals surface area contributed by atoms with E-state index in [1.54, 1.807) is 7.11 Å². The van der Waals surface area contributed by atoms with Crippen molar-refractivity contribution in [3.05, 3.63) is 17.6 Å². The zero-order chi connectivity index (χ0) is 7.68. The van der Waals surface area contributed by atoms with Gasteiger partial charge in [-0.3, -0.25) is 0 Å². The first-order valence-electron chi connectivity index (χ1n) is 3.49. The van der Waals surface area contributed by atoms with Crippen LogP contribution in [0.2, 0.25) is 0 Å². The van der Waals surface area contributed by atoms with Crippen molar-refractivity contribution in [3.8, 4) is 5.88 Å². The Hall–Kier alpha value is -1.16. The molecule has 0 spiro atoms. The van der Waals surface area contributed by atoms with Crippen molar-refractivity contribution in [2.24, 2.45) is 0 Å². The van der Waals surface area contributed by atoms with Crippen LogP contribution < -0.4 is 10.1 Å². The minimum Gasteiger partial charge on any atom is -0.481 e. The Morgan fingerprint density at radius 3 is 3.18 bits per heavy atom. The molecular formula is C7H9N3O. The summed E-state index contributed by atoms with van der Waals surface area (Å²) in [5.74, 6) is 0.694. The summed E-state index contributed by atoms with van der Waals surface area (Å²) in [5.41, 5.74) is 2.15. The number of nitrogens with one attached hydrogen (secondary N) is 1. The summed E-state index contributed by atoms with van der Waals surface area (Å²) in [4.78, 5) is 8.11. The molecule has 1 aliphatic heterocycles. The summed E-state index contributed by atoms with van der Waals surface area (Å²) in [5, 5.41) is 3.18. The molecule has 2 rings (SSSR count). The standard InChI is InChI=1S/C7H9N3O/c1-11-7-5-2-8-3-6(5)9-4-10-7/h4,8H,2-3H2,1H3. The van der Waals surface area contributed by atoms with Crippen molar-refractivity contribution in [2.45, 2.75) is 13.1 Å². The van der Waals surface area contributed by atoms with E-state index in [4.69, 9.17) is 4.74 Å². The van der Waals surface area contributed by atoms with Crippen LogP contribution in [-0.4, -0.2) is 17.1 Å². The summed E-state index contributed by atoms with van der Waals surface area (Å²) in [6.07, 6.45) is 1.53. The third-order valence-electron chi connectivity index (χ3n) is 1.78. The zero-order valence-electron chi connectivity index (χ0n) is 6.29. The van der Waals surface area contributed by atoms with Crippen LogP contribution in [0.3, 0.4) is 0 Å². The molecule has 0 bridgehead atoms. The first-order valence-corrected chi connectivity index (χ1v) is 3.49. The third kappa shape index (κ3) is 0.952. The van der Waals surface area contributed by atoms with Crippen LogP contribution in [0.5, 0.6) is 5.88 Å². The van der Waals surface area contributed by atoms with Gasteiger partial charge in [-0.05, 0) is 0 Å². The van der Waals surface area contributed by atoms with Crippen LogP contribution in [-0.2, 0) is 13.1 Å². The van der Waals surface area contributed by atoms with Crippen LogP contribution in [0.1, 0.15) is 11.3 Å². The first kappa shape index (κ1) is 6.54. The number of nitrogens with zero attached hydrogens (tertiary/aromatic N) is 2. The second kappa shape index (κ2) is 2.47. The topological polar surface area (TPSA) is 47.0 Å². The molecule has 1 N–H and O–H groups in total. The molecule has 1 aromatic heterocycles. The minimum atomic E-state index is 0.694. The van der Waals surface area contributed by atoms with Crippen LogP contribution in [0, 0.1) is 0 Å². The van der Waals surface area contributed by atoms with Crippen molar-refractivity contribution in [2.75, 3.05) is 7.11 Å². The van der Waals surface area contributed by atoms with Gasteiger partial charge in [0, 0.05) is 13.1 Å². The van der Waals surface area contributed by atoms with Crippen molar-refractivity contribution in [1.82, 2.24) is 15.3 Å². The van der Waals surface area contributed by atoms with Gasteiger partial charge in [0.2, 0.25) is 5.88 Å². The second-order valence-electron chi connectivity index (χ2n) is 2.41. The molecule has 0 amide bonds. The van der Waals surface area contributed by atoms with Gasteiger partial charge in [-0.25, -0.2) is 9.97 Å². The molecule has 58 valence electrons. The van der Waals surface area contributed by atoms with E-state index in [-0.39, 0.29) is 0 Å². The van der Waals surface area contributed by atoms with E-state index in [0.29, 0.717) is 5.88 Å². The molecular weight excluding hydrogens is 142 g/mol. The molecule has 2 heterocycles. The number of fused-ring (bicyclic) bond motifs is 1. The summed E-state index contributed by atoms with van der Waals surface area (Å²) in [6.45, 7) is 1.65. The smallest absolute Gasteiger partial charge is 0.220 e. The summed E-state index contributed by atoms with van der Waals surface area (Å²) in [7, 11) is 1.63. The molecule has 0 unspecified atom stereocenters. The number of rotatable bonds is 1. The number of ether oxygens (including phenoxy) is 1. The van der Waals surface area contributed by atoms with Crippen LogP contribution in [0.25, 0.3) is 0 Å². The predicted molar refractivity (Wildman–Crippen MR) is 39.1 cm³/mol. The Labute approximate surface area is 64.6 Å². The number of hydrogen-bond donors (Lipinski definition) is 1. The third-order valence-corrected chi connectivity index (χ3v) is 1.78. The van der Waals surface area contributed by atoms with E-state index < -0.39 is 0 Å². The lowest BCUT2D eigenvalue weighted by Crippen LogP contribution is -2.00. The number of methoxy groups -OCH3 is 1. The van der Waals surface area contributed by atoms with Crippen molar-refractivity contribution >= 4 is 0 Å². The first-order chi connectivity index (χ1) is 5.42. The Kier molecular flexibility index (Phi) is 1.47. The Morgan fingerprint density at radius 1 is 1.45 bits per heavy atom. The summed E-state index contributed by atoms with van der Waals surface area (Å²) >= 11 is 0. The van der Waals surface area contributed by atoms with Crippen LogP contribution >= 0.6 is 0 Å². The molecule has 0 aromatic carbocycles. The molecule has 0 radical (unpaired) electrons. The fourth-order valence-electron chi connectivity index (χ4n) is 1.24. The Bertz CT molecular complexity index is 274. The predicted octanol–water partition coefficient (Wildman–Crippen LogP) is 0.0884. The molecule has 0 fully saturated rings. The van der Waals surface area contributed by atoms with Gasteiger partial charge in [0.1, 0.15) is 6.33 Å². The quantitative estimate of drug-likeness (QED) is 0.617. The summed E-state index contributed by atoms with van der Waals surface area (Å²) < 4.78 is 5.07. The summed E-state index contributed by atoms with van der Waals surface area (Å²) in [6, 6.07) is 0. The van der Waals surface area contributed by atoms with E-state index in [0.717, 1.165) is 24.3 Å². The fraction of sp³-hybridized carbons (Fsp3) is 0.429. The number of hydrogen-bond acceptors (Lipinski definition) is 4. The highest BCUT2D eigenvalue weighted by molar-refractivity contribution is 5.32. The van der Waals surface area contributed by atoms with E-state index >= 15 is 0 Å². The molecule has 11 heavy (non-hydrogen) atoms. The average Bonchev–Trinajstić information content (AvgIpc) is 2.50. The van der Waals surface area contributed by atoms with Gasteiger partial charge in [-0.15, -0.1) is 0 Å². The van der Waals surface area contributed by atoms with Gasteiger partial charge in [-0.1, -0.05) is 0 Å². The minimum absolute atomic E-state index is 0.694. The van der Waals surface area contributed by atoms with Gasteiger partial charge >= 0.3 is 0 Å². The van der Waals surface area contributed by atoms with E-state index in [1.165, 1.54) is 6.33 Å². The molecule has 4 heteroatoms. The maximum atomic E-state index is 5.07. The monoisotopic (exact) mass is 151 g/mol. The lowest BCUT2D eigenvalue weighted by molar-refractivity contribution is 0.391. The highest BCUT2D eigenvalue weighted by Gasteiger charge is 2.16. The largest absolute Gasteiger partial charge is 0.481 e. The molecule has 1 aliphatic rings. The van der Waals surface area contributed by atoms with Gasteiger partial charge in [0.25, 0.3) is 0 Å². The highest BCUT2D eigenvalue weighted by atomic mass is 16.5.